The summed E-state index contributed by atoms with van der Waals surface area (Å²) in [5.41, 5.74) is 6.34. The number of carbonyl (C=O) groups excluding carboxylic acids is 1. The van der Waals surface area contributed by atoms with E-state index in [2.05, 4.69) is 15.3 Å². The summed E-state index contributed by atoms with van der Waals surface area (Å²) in [6.45, 7) is 1.84. The van der Waals surface area contributed by atoms with E-state index in [4.69, 9.17) is 17.3 Å². The van der Waals surface area contributed by atoms with Gasteiger partial charge in [-0.1, -0.05) is 11.6 Å². The van der Waals surface area contributed by atoms with Gasteiger partial charge in [0.1, 0.15) is 17.3 Å². The number of nitrogens with zero attached hydrogens (tertiary/aromatic N) is 2. The Bertz CT molecular complexity index is 438. The van der Waals surface area contributed by atoms with Crippen LogP contribution in [0.2, 0.25) is 5.15 Å². The molecule has 1 saturated carbocycles. The molecule has 1 aromatic heterocycles. The SMILES string of the molecule is Cc1c(Cl)nc(N)nc1NC1CCC(C=O)C1. The Balaban J connectivity index is 2.11. The zero-order valence-electron chi connectivity index (χ0n) is 9.61. The van der Waals surface area contributed by atoms with E-state index in [1.54, 1.807) is 0 Å². The number of anilines is 2. The molecular formula is C11H15ClN4O. The molecule has 17 heavy (non-hydrogen) atoms. The molecule has 1 aromatic rings. The summed E-state index contributed by atoms with van der Waals surface area (Å²) in [4.78, 5) is 18.7. The van der Waals surface area contributed by atoms with Crippen LogP contribution < -0.4 is 11.1 Å². The molecule has 0 aromatic carbocycles. The zero-order valence-corrected chi connectivity index (χ0v) is 10.4. The Morgan fingerprint density at radius 3 is 2.88 bits per heavy atom. The van der Waals surface area contributed by atoms with Crippen LogP contribution in [-0.2, 0) is 4.79 Å². The van der Waals surface area contributed by atoms with E-state index in [0.29, 0.717) is 11.0 Å². The number of nitrogens with two attached hydrogens (primary N) is 1. The topological polar surface area (TPSA) is 80.9 Å². The molecule has 0 amide bonds. The van der Waals surface area contributed by atoms with Crippen LogP contribution in [-0.4, -0.2) is 22.3 Å². The van der Waals surface area contributed by atoms with E-state index < -0.39 is 0 Å². The second-order valence-corrected chi connectivity index (χ2v) is 4.75. The number of aldehydes is 1. The second-order valence-electron chi connectivity index (χ2n) is 4.40. The van der Waals surface area contributed by atoms with Gasteiger partial charge in [-0.25, -0.2) is 4.98 Å². The van der Waals surface area contributed by atoms with Crippen LogP contribution in [0.15, 0.2) is 0 Å². The van der Waals surface area contributed by atoms with Crippen molar-refractivity contribution in [2.75, 3.05) is 11.1 Å². The Morgan fingerprint density at radius 2 is 2.24 bits per heavy atom. The van der Waals surface area contributed by atoms with E-state index in [0.717, 1.165) is 31.1 Å². The molecule has 0 aliphatic heterocycles. The third-order valence-corrected chi connectivity index (χ3v) is 3.48. The Hall–Kier alpha value is -1.36. The lowest BCUT2D eigenvalue weighted by Crippen LogP contribution is -2.18. The molecular weight excluding hydrogens is 240 g/mol. The predicted octanol–water partition coefficient (Wildman–Crippen LogP) is 1.80. The molecule has 92 valence electrons. The number of aromatic nitrogens is 2. The van der Waals surface area contributed by atoms with E-state index in [1.807, 2.05) is 6.92 Å². The lowest BCUT2D eigenvalue weighted by atomic mass is 10.1. The van der Waals surface area contributed by atoms with Crippen LogP contribution in [0.25, 0.3) is 0 Å². The van der Waals surface area contributed by atoms with E-state index in [1.165, 1.54) is 0 Å². The number of halogens is 1. The van der Waals surface area contributed by atoms with Crippen molar-refractivity contribution in [1.82, 2.24) is 9.97 Å². The van der Waals surface area contributed by atoms with Crippen LogP contribution in [0.4, 0.5) is 11.8 Å². The molecule has 6 heteroatoms. The minimum Gasteiger partial charge on any atom is -0.368 e. The molecule has 2 rings (SSSR count). The average Bonchev–Trinajstić information content (AvgIpc) is 2.73. The molecule has 0 radical (unpaired) electrons. The second kappa shape index (κ2) is 4.87. The molecule has 5 nitrogen and oxygen atoms in total. The molecule has 2 atom stereocenters. The van der Waals surface area contributed by atoms with Crippen LogP contribution in [0.5, 0.6) is 0 Å². The van der Waals surface area contributed by atoms with E-state index in [-0.39, 0.29) is 17.9 Å². The molecule has 1 aliphatic rings. The number of rotatable bonds is 3. The summed E-state index contributed by atoms with van der Waals surface area (Å²) in [5, 5.41) is 3.65. The molecule has 3 N–H and O–H groups in total. The van der Waals surface area contributed by atoms with Crippen LogP contribution in [0.1, 0.15) is 24.8 Å². The largest absolute Gasteiger partial charge is 0.368 e. The van der Waals surface area contributed by atoms with Gasteiger partial charge in [-0.2, -0.15) is 4.98 Å². The van der Waals surface area contributed by atoms with Crippen molar-refractivity contribution in [2.45, 2.75) is 32.2 Å². The molecule has 0 saturated heterocycles. The number of nitrogens with one attached hydrogen (secondary N) is 1. The highest BCUT2D eigenvalue weighted by Crippen LogP contribution is 2.28. The summed E-state index contributed by atoms with van der Waals surface area (Å²) in [7, 11) is 0. The van der Waals surface area contributed by atoms with Crippen LogP contribution >= 0.6 is 11.6 Å². The van der Waals surface area contributed by atoms with Gasteiger partial charge >= 0.3 is 0 Å². The van der Waals surface area contributed by atoms with E-state index >= 15 is 0 Å². The highest BCUT2D eigenvalue weighted by Gasteiger charge is 2.25. The fourth-order valence-electron chi connectivity index (χ4n) is 2.11. The summed E-state index contributed by atoms with van der Waals surface area (Å²) in [5.74, 6) is 0.981. The lowest BCUT2D eigenvalue weighted by molar-refractivity contribution is -0.110. The van der Waals surface area contributed by atoms with Crippen molar-refractivity contribution in [3.63, 3.8) is 0 Å². The fraction of sp³-hybridized carbons (Fsp3) is 0.545. The number of carbonyl (C=O) groups is 1. The van der Waals surface area contributed by atoms with Crippen LogP contribution in [0, 0.1) is 12.8 Å². The Kier molecular flexibility index (Phi) is 3.47. The van der Waals surface area contributed by atoms with Gasteiger partial charge in [-0.15, -0.1) is 0 Å². The van der Waals surface area contributed by atoms with Gasteiger partial charge in [0.2, 0.25) is 5.95 Å². The first-order valence-corrected chi connectivity index (χ1v) is 5.99. The van der Waals surface area contributed by atoms with Crippen molar-refractivity contribution in [3.8, 4) is 0 Å². The normalized spacial score (nSPS) is 23.6. The highest BCUT2D eigenvalue weighted by molar-refractivity contribution is 6.30. The average molecular weight is 255 g/mol. The number of nitrogen functional groups attached to an aromatic ring is 1. The van der Waals surface area contributed by atoms with Crippen molar-refractivity contribution in [1.29, 1.82) is 0 Å². The Morgan fingerprint density at radius 1 is 1.47 bits per heavy atom. The van der Waals surface area contributed by atoms with Crippen molar-refractivity contribution >= 4 is 29.7 Å². The van der Waals surface area contributed by atoms with Crippen molar-refractivity contribution in [3.05, 3.63) is 10.7 Å². The van der Waals surface area contributed by atoms with E-state index in [9.17, 15) is 4.79 Å². The molecule has 1 aliphatic carbocycles. The number of hydrogen-bond acceptors (Lipinski definition) is 5. The van der Waals surface area contributed by atoms with Gasteiger partial charge in [0.05, 0.1) is 0 Å². The third-order valence-electron chi connectivity index (χ3n) is 3.11. The molecule has 1 fully saturated rings. The first-order valence-electron chi connectivity index (χ1n) is 5.61. The summed E-state index contributed by atoms with van der Waals surface area (Å²) < 4.78 is 0. The summed E-state index contributed by atoms with van der Waals surface area (Å²) in [6, 6.07) is 0.259. The maximum Gasteiger partial charge on any atom is 0.223 e. The summed E-state index contributed by atoms with van der Waals surface area (Å²) in [6.07, 6.45) is 3.75. The third kappa shape index (κ3) is 2.66. The Labute approximate surface area is 105 Å². The highest BCUT2D eigenvalue weighted by atomic mass is 35.5. The maximum atomic E-state index is 10.7. The van der Waals surface area contributed by atoms with Crippen molar-refractivity contribution in [2.24, 2.45) is 5.92 Å². The van der Waals surface area contributed by atoms with Crippen LogP contribution in [0.3, 0.4) is 0 Å². The molecule has 0 bridgehead atoms. The molecule has 1 heterocycles. The minimum atomic E-state index is 0.155. The monoisotopic (exact) mass is 254 g/mol. The summed E-state index contributed by atoms with van der Waals surface area (Å²) >= 11 is 5.93. The van der Waals surface area contributed by atoms with Crippen molar-refractivity contribution < 1.29 is 4.79 Å². The zero-order chi connectivity index (χ0) is 12.4. The molecule has 2 unspecified atom stereocenters. The smallest absolute Gasteiger partial charge is 0.223 e. The van der Waals surface area contributed by atoms with Gasteiger partial charge in [0, 0.05) is 17.5 Å². The standard InChI is InChI=1S/C11H15ClN4O/c1-6-9(12)15-11(13)16-10(6)14-8-3-2-7(4-8)5-17/h5,7-8H,2-4H2,1H3,(H3,13,14,15,16). The molecule has 0 spiro atoms. The van der Waals surface area contributed by atoms with Gasteiger partial charge in [0.15, 0.2) is 0 Å². The predicted molar refractivity (Wildman–Crippen MR) is 67.0 cm³/mol. The minimum absolute atomic E-state index is 0.155. The van der Waals surface area contributed by atoms with Gasteiger partial charge in [-0.05, 0) is 26.2 Å². The first-order chi connectivity index (χ1) is 8.10. The van der Waals surface area contributed by atoms with Gasteiger partial charge in [0.25, 0.3) is 0 Å². The van der Waals surface area contributed by atoms with Gasteiger partial charge < -0.3 is 15.8 Å². The fourth-order valence-corrected chi connectivity index (χ4v) is 2.29. The van der Waals surface area contributed by atoms with Gasteiger partial charge in [-0.3, -0.25) is 0 Å². The maximum absolute atomic E-state index is 10.7. The number of hydrogen-bond donors (Lipinski definition) is 2. The first kappa shape index (κ1) is 12.1. The lowest BCUT2D eigenvalue weighted by Gasteiger charge is -2.15. The quantitative estimate of drug-likeness (QED) is 0.635.